The van der Waals surface area contributed by atoms with E-state index in [0.29, 0.717) is 6.42 Å². The Kier molecular flexibility index (Phi) is 13.0. The van der Waals surface area contributed by atoms with Crippen LogP contribution in [0.1, 0.15) is 74.1 Å². The molecule has 7 N–H and O–H groups in total. The lowest BCUT2D eigenvalue weighted by Gasteiger charge is -2.33. The normalized spacial score (nSPS) is 14.7. The second-order valence-electron chi connectivity index (χ2n) is 10.1. The molecule has 0 unspecified atom stereocenters. The number of amides is 5. The Morgan fingerprint density at radius 1 is 0.829 bits per heavy atom. The molecule has 12 nitrogen and oxygen atoms in total. The van der Waals surface area contributed by atoms with Crippen molar-refractivity contribution in [2.24, 2.45) is 17.1 Å². The summed E-state index contributed by atoms with van der Waals surface area (Å²) in [5, 5.41) is 19.6. The molecule has 0 aliphatic carbocycles. The molecule has 5 amide bonds. The van der Waals surface area contributed by atoms with Crippen molar-refractivity contribution >= 4 is 35.5 Å². The van der Waals surface area contributed by atoms with Crippen molar-refractivity contribution in [1.82, 2.24) is 21.3 Å². The number of carbonyl (C=O) groups excluding carboxylic acids is 5. The van der Waals surface area contributed by atoms with Crippen LogP contribution in [0.5, 0.6) is 0 Å². The Morgan fingerprint density at radius 3 is 1.74 bits per heavy atom. The molecule has 0 saturated heterocycles. The van der Waals surface area contributed by atoms with Gasteiger partial charge in [-0.1, -0.05) is 41.5 Å². The molecule has 0 aliphatic heterocycles. The molecule has 12 heteroatoms. The number of primary amides is 1. The summed E-state index contributed by atoms with van der Waals surface area (Å²) in [6.45, 7) is 11.9. The Hall–Kier alpha value is -3.18. The molecule has 0 radical (unpaired) electrons. The van der Waals surface area contributed by atoms with Crippen molar-refractivity contribution in [3.8, 4) is 0 Å². The van der Waals surface area contributed by atoms with Gasteiger partial charge >= 0.3 is 5.97 Å². The van der Waals surface area contributed by atoms with Gasteiger partial charge in [0.05, 0.1) is 0 Å². The monoisotopic (exact) mass is 499 g/mol. The van der Waals surface area contributed by atoms with Gasteiger partial charge in [0.2, 0.25) is 29.5 Å². The third-order valence-corrected chi connectivity index (χ3v) is 5.15. The van der Waals surface area contributed by atoms with Crippen LogP contribution in [-0.4, -0.2) is 64.8 Å². The zero-order chi connectivity index (χ0) is 27.5. The van der Waals surface area contributed by atoms with E-state index >= 15 is 0 Å². The Labute approximate surface area is 206 Å². The number of aliphatic carboxylic acids is 1. The molecule has 4 atom stereocenters. The molecule has 35 heavy (non-hydrogen) atoms. The molecule has 0 fully saturated rings. The SMILES string of the molecule is CC[C@H](NC(C)=O)C(=O)N[C@H](C(=O)N[C@@H](CC(C)C)C(=O)N[C@@H](CCC(N)=O)C(=O)O)C(C)(C)C. The molecule has 0 spiro atoms. The molecular formula is C23H41N5O7. The van der Waals surface area contributed by atoms with Gasteiger partial charge in [-0.05, 0) is 30.6 Å². The van der Waals surface area contributed by atoms with Crippen LogP contribution in [0.25, 0.3) is 0 Å². The standard InChI is InChI=1S/C23H41N5O7/c1-8-14(25-13(4)29)19(31)28-18(23(5,6)7)21(33)27-16(11-12(2)3)20(32)26-15(22(34)35)9-10-17(24)30/h12,14-16,18H,8-11H2,1-7H3,(H2,24,30)(H,25,29)(H,26,32)(H,27,33)(H,28,31)(H,34,35)/t14-,15-,16-,18+/m0/s1. The predicted molar refractivity (Wildman–Crippen MR) is 129 cm³/mol. The molecule has 0 rings (SSSR count). The van der Waals surface area contributed by atoms with Crippen LogP contribution in [0.3, 0.4) is 0 Å². The quantitative estimate of drug-likeness (QED) is 0.190. The molecule has 0 bridgehead atoms. The van der Waals surface area contributed by atoms with Crippen LogP contribution < -0.4 is 27.0 Å². The minimum absolute atomic E-state index is 0.0353. The number of carbonyl (C=O) groups is 6. The van der Waals surface area contributed by atoms with Crippen molar-refractivity contribution in [2.75, 3.05) is 0 Å². The highest BCUT2D eigenvalue weighted by Gasteiger charge is 2.37. The summed E-state index contributed by atoms with van der Waals surface area (Å²) in [6.07, 6.45) is 0.0859. The molecule has 0 aromatic heterocycles. The lowest BCUT2D eigenvalue weighted by atomic mass is 9.85. The number of hydrogen-bond donors (Lipinski definition) is 6. The molecule has 0 heterocycles. The fourth-order valence-electron chi connectivity index (χ4n) is 3.29. The molecule has 0 aliphatic rings. The Balaban J connectivity index is 5.70. The van der Waals surface area contributed by atoms with Crippen molar-refractivity contribution < 1.29 is 33.9 Å². The van der Waals surface area contributed by atoms with Crippen molar-refractivity contribution in [2.45, 2.75) is 98.3 Å². The van der Waals surface area contributed by atoms with Crippen molar-refractivity contribution in [1.29, 1.82) is 0 Å². The maximum absolute atomic E-state index is 13.2. The minimum atomic E-state index is -1.36. The van der Waals surface area contributed by atoms with Gasteiger partial charge in [-0.2, -0.15) is 0 Å². The first-order chi connectivity index (χ1) is 16.0. The van der Waals surface area contributed by atoms with Gasteiger partial charge in [-0.25, -0.2) is 4.79 Å². The number of nitrogens with one attached hydrogen (secondary N) is 4. The van der Waals surface area contributed by atoms with Gasteiger partial charge in [-0.15, -0.1) is 0 Å². The number of hydrogen-bond acceptors (Lipinski definition) is 6. The average Bonchev–Trinajstić information content (AvgIpc) is 2.70. The number of rotatable bonds is 14. The average molecular weight is 500 g/mol. The summed E-state index contributed by atoms with van der Waals surface area (Å²) in [4.78, 5) is 72.8. The lowest BCUT2D eigenvalue weighted by molar-refractivity contribution is -0.143. The van der Waals surface area contributed by atoms with Crippen LogP contribution in [0.2, 0.25) is 0 Å². The maximum atomic E-state index is 13.2. The highest BCUT2D eigenvalue weighted by molar-refractivity contribution is 5.95. The van der Waals surface area contributed by atoms with Crippen LogP contribution in [0.4, 0.5) is 0 Å². The molecule has 0 aromatic carbocycles. The van der Waals surface area contributed by atoms with Gasteiger partial charge in [0.25, 0.3) is 0 Å². The van der Waals surface area contributed by atoms with Crippen molar-refractivity contribution in [3.05, 3.63) is 0 Å². The first kappa shape index (κ1) is 31.8. The summed E-state index contributed by atoms with van der Waals surface area (Å²) in [5.41, 5.74) is 4.32. The van der Waals surface area contributed by atoms with E-state index in [1.807, 2.05) is 13.8 Å². The van der Waals surface area contributed by atoms with Gasteiger partial charge in [0.1, 0.15) is 24.2 Å². The summed E-state index contributed by atoms with van der Waals surface area (Å²) < 4.78 is 0. The maximum Gasteiger partial charge on any atom is 0.326 e. The lowest BCUT2D eigenvalue weighted by Crippen LogP contribution is -2.61. The first-order valence-corrected chi connectivity index (χ1v) is 11.7. The van der Waals surface area contributed by atoms with E-state index in [-0.39, 0.29) is 31.1 Å². The summed E-state index contributed by atoms with van der Waals surface area (Å²) in [6, 6.07) is -4.33. The third-order valence-electron chi connectivity index (χ3n) is 5.15. The van der Waals surface area contributed by atoms with Gasteiger partial charge in [0.15, 0.2) is 0 Å². The summed E-state index contributed by atoms with van der Waals surface area (Å²) in [7, 11) is 0. The van der Waals surface area contributed by atoms with Crippen LogP contribution in [-0.2, 0) is 28.8 Å². The number of carboxylic acid groups (broad SMARTS) is 1. The summed E-state index contributed by atoms with van der Waals surface area (Å²) >= 11 is 0. The van der Waals surface area contributed by atoms with E-state index in [1.54, 1.807) is 27.7 Å². The fraction of sp³-hybridized carbons (Fsp3) is 0.739. The van der Waals surface area contributed by atoms with E-state index in [2.05, 4.69) is 21.3 Å². The molecule has 0 aromatic rings. The van der Waals surface area contributed by atoms with E-state index in [0.717, 1.165) is 0 Å². The molecule has 0 saturated carbocycles. The largest absolute Gasteiger partial charge is 0.480 e. The molecule has 200 valence electrons. The number of nitrogens with two attached hydrogens (primary N) is 1. The topological polar surface area (TPSA) is 197 Å². The Morgan fingerprint density at radius 2 is 1.34 bits per heavy atom. The summed E-state index contributed by atoms with van der Waals surface area (Å²) in [5.74, 6) is -4.36. The zero-order valence-corrected chi connectivity index (χ0v) is 21.7. The fourth-order valence-corrected chi connectivity index (χ4v) is 3.29. The van der Waals surface area contributed by atoms with E-state index in [1.165, 1.54) is 6.92 Å². The van der Waals surface area contributed by atoms with Crippen LogP contribution in [0.15, 0.2) is 0 Å². The highest BCUT2D eigenvalue weighted by atomic mass is 16.4. The second-order valence-corrected chi connectivity index (χ2v) is 10.1. The van der Waals surface area contributed by atoms with E-state index in [9.17, 15) is 33.9 Å². The van der Waals surface area contributed by atoms with Gasteiger partial charge in [0, 0.05) is 13.3 Å². The second kappa shape index (κ2) is 14.3. The van der Waals surface area contributed by atoms with Crippen molar-refractivity contribution in [3.63, 3.8) is 0 Å². The van der Waals surface area contributed by atoms with E-state index < -0.39 is 59.2 Å². The molecular weight excluding hydrogens is 458 g/mol. The Bertz CT molecular complexity index is 792. The van der Waals surface area contributed by atoms with Gasteiger partial charge in [-0.3, -0.25) is 24.0 Å². The minimum Gasteiger partial charge on any atom is -0.480 e. The third kappa shape index (κ3) is 12.2. The number of carboxylic acids is 1. The van der Waals surface area contributed by atoms with E-state index in [4.69, 9.17) is 5.73 Å². The zero-order valence-electron chi connectivity index (χ0n) is 21.7. The first-order valence-electron chi connectivity index (χ1n) is 11.7. The smallest absolute Gasteiger partial charge is 0.326 e. The van der Waals surface area contributed by atoms with Gasteiger partial charge < -0.3 is 32.1 Å². The van der Waals surface area contributed by atoms with Crippen LogP contribution >= 0.6 is 0 Å². The highest BCUT2D eigenvalue weighted by Crippen LogP contribution is 2.20. The van der Waals surface area contributed by atoms with Crippen LogP contribution in [0, 0.1) is 11.3 Å². The predicted octanol–water partition coefficient (Wildman–Crippen LogP) is -0.202.